The number of rotatable bonds is 5. The van der Waals surface area contributed by atoms with Gasteiger partial charge in [-0.2, -0.15) is 0 Å². The zero-order chi connectivity index (χ0) is 15.5. The number of piperidine rings is 1. The monoisotopic (exact) mass is 311 g/mol. The molecule has 5 nitrogen and oxygen atoms in total. The highest BCUT2D eigenvalue weighted by molar-refractivity contribution is 7.92. The Balaban J connectivity index is 1.93. The minimum absolute atomic E-state index is 0.452. The summed E-state index contributed by atoms with van der Waals surface area (Å²) < 4.78 is 25.0. The highest BCUT2D eigenvalue weighted by Gasteiger charge is 2.20. The van der Waals surface area contributed by atoms with Crippen molar-refractivity contribution in [3.8, 4) is 0 Å². The van der Waals surface area contributed by atoms with Crippen molar-refractivity contribution in [2.75, 3.05) is 29.4 Å². The highest BCUT2D eigenvalue weighted by Crippen LogP contribution is 2.21. The molecule has 0 aromatic heterocycles. The number of nitrogens with zero attached hydrogens (tertiary/aromatic N) is 1. The van der Waals surface area contributed by atoms with Crippen LogP contribution in [0.2, 0.25) is 0 Å². The van der Waals surface area contributed by atoms with Gasteiger partial charge in [-0.15, -0.1) is 0 Å². The smallest absolute Gasteiger partial charge is 0.229 e. The lowest BCUT2D eigenvalue weighted by Gasteiger charge is -2.35. The molecule has 0 unspecified atom stereocenters. The Labute approximate surface area is 127 Å². The fourth-order valence-electron chi connectivity index (χ4n) is 2.68. The molecule has 0 spiro atoms. The van der Waals surface area contributed by atoms with E-state index in [-0.39, 0.29) is 0 Å². The third kappa shape index (κ3) is 5.21. The van der Waals surface area contributed by atoms with E-state index in [9.17, 15) is 8.42 Å². The molecule has 1 heterocycles. The van der Waals surface area contributed by atoms with Gasteiger partial charge in [0.1, 0.15) is 0 Å². The van der Waals surface area contributed by atoms with Crippen LogP contribution >= 0.6 is 0 Å². The summed E-state index contributed by atoms with van der Waals surface area (Å²) in [4.78, 5) is 2.49. The van der Waals surface area contributed by atoms with Crippen LogP contribution < -0.4 is 10.0 Å². The Morgan fingerprint density at radius 1 is 1.19 bits per heavy atom. The minimum atomic E-state index is -3.23. The van der Waals surface area contributed by atoms with Crippen molar-refractivity contribution < 1.29 is 8.42 Å². The molecule has 1 aromatic rings. The molecule has 1 fully saturated rings. The third-order valence-corrected chi connectivity index (χ3v) is 4.40. The topological polar surface area (TPSA) is 61.4 Å². The molecule has 0 bridgehead atoms. The second-order valence-corrected chi connectivity index (χ2v) is 7.75. The van der Waals surface area contributed by atoms with Crippen LogP contribution in [0.1, 0.15) is 26.7 Å². The Morgan fingerprint density at radius 3 is 2.38 bits per heavy atom. The summed E-state index contributed by atoms with van der Waals surface area (Å²) in [5.74, 6) is 0. The van der Waals surface area contributed by atoms with Gasteiger partial charge in [0.2, 0.25) is 10.0 Å². The molecule has 118 valence electrons. The number of nitrogens with one attached hydrogen (secondary N) is 2. The van der Waals surface area contributed by atoms with Crippen molar-refractivity contribution in [3.63, 3.8) is 0 Å². The van der Waals surface area contributed by atoms with E-state index in [4.69, 9.17) is 0 Å². The first-order valence-corrected chi connectivity index (χ1v) is 9.31. The average molecular weight is 311 g/mol. The van der Waals surface area contributed by atoms with Crippen LogP contribution in [0.5, 0.6) is 0 Å². The Hall–Kier alpha value is -1.27. The van der Waals surface area contributed by atoms with E-state index < -0.39 is 10.0 Å². The van der Waals surface area contributed by atoms with Gasteiger partial charge >= 0.3 is 0 Å². The molecule has 0 amide bonds. The SMILES string of the molecule is CC(C)N1CCC(Nc2cccc(NS(C)(=O)=O)c2)CC1. The zero-order valence-corrected chi connectivity index (χ0v) is 13.8. The number of hydrogen-bond donors (Lipinski definition) is 2. The first-order chi connectivity index (χ1) is 9.83. The van der Waals surface area contributed by atoms with Gasteiger partial charge in [-0.3, -0.25) is 4.72 Å². The van der Waals surface area contributed by atoms with E-state index >= 15 is 0 Å². The number of anilines is 2. The second kappa shape index (κ2) is 6.66. The fraction of sp³-hybridized carbons (Fsp3) is 0.600. The maximum Gasteiger partial charge on any atom is 0.229 e. The van der Waals surface area contributed by atoms with Gasteiger partial charge in [-0.05, 0) is 44.9 Å². The Morgan fingerprint density at radius 2 is 1.81 bits per heavy atom. The summed E-state index contributed by atoms with van der Waals surface area (Å²) in [7, 11) is -3.23. The summed E-state index contributed by atoms with van der Waals surface area (Å²) in [6.07, 6.45) is 3.39. The fourth-order valence-corrected chi connectivity index (χ4v) is 3.24. The van der Waals surface area contributed by atoms with E-state index in [1.165, 1.54) is 0 Å². The molecular formula is C15H25N3O2S. The van der Waals surface area contributed by atoms with Gasteiger partial charge in [-0.25, -0.2) is 8.42 Å². The average Bonchev–Trinajstić information content (AvgIpc) is 2.37. The molecule has 2 rings (SSSR count). The number of benzene rings is 1. The van der Waals surface area contributed by atoms with Gasteiger partial charge in [0.15, 0.2) is 0 Å². The van der Waals surface area contributed by atoms with E-state index in [1.54, 1.807) is 6.07 Å². The van der Waals surface area contributed by atoms with Crippen molar-refractivity contribution in [2.24, 2.45) is 0 Å². The Bertz CT molecular complexity index is 564. The molecule has 0 atom stereocenters. The van der Waals surface area contributed by atoms with E-state index in [0.29, 0.717) is 17.8 Å². The summed E-state index contributed by atoms with van der Waals surface area (Å²) in [5, 5.41) is 3.50. The lowest BCUT2D eigenvalue weighted by molar-refractivity contribution is 0.177. The highest BCUT2D eigenvalue weighted by atomic mass is 32.2. The van der Waals surface area contributed by atoms with Crippen LogP contribution in [-0.2, 0) is 10.0 Å². The van der Waals surface area contributed by atoms with Crippen molar-refractivity contribution in [1.29, 1.82) is 0 Å². The lowest BCUT2D eigenvalue weighted by atomic mass is 10.0. The summed E-state index contributed by atoms with van der Waals surface area (Å²) in [6, 6.07) is 8.49. The summed E-state index contributed by atoms with van der Waals surface area (Å²) in [5.41, 5.74) is 1.56. The number of likely N-dealkylation sites (tertiary alicyclic amines) is 1. The molecule has 1 saturated heterocycles. The summed E-state index contributed by atoms with van der Waals surface area (Å²) in [6.45, 7) is 6.68. The third-order valence-electron chi connectivity index (χ3n) is 3.80. The molecule has 0 radical (unpaired) electrons. The molecule has 6 heteroatoms. The molecule has 0 aliphatic carbocycles. The van der Waals surface area contributed by atoms with E-state index in [1.807, 2.05) is 18.2 Å². The van der Waals surface area contributed by atoms with E-state index in [0.717, 1.165) is 37.9 Å². The summed E-state index contributed by atoms with van der Waals surface area (Å²) >= 11 is 0. The van der Waals surface area contributed by atoms with Crippen molar-refractivity contribution in [3.05, 3.63) is 24.3 Å². The first kappa shape index (κ1) is 16.1. The predicted octanol–water partition coefficient (Wildman–Crippen LogP) is 2.34. The van der Waals surface area contributed by atoms with Gasteiger partial charge in [0, 0.05) is 30.9 Å². The van der Waals surface area contributed by atoms with Crippen LogP contribution in [0, 0.1) is 0 Å². The van der Waals surface area contributed by atoms with E-state index in [2.05, 4.69) is 28.8 Å². The van der Waals surface area contributed by atoms with Crippen molar-refractivity contribution >= 4 is 21.4 Å². The maximum atomic E-state index is 11.3. The zero-order valence-electron chi connectivity index (χ0n) is 13.0. The van der Waals surface area contributed by atoms with Crippen LogP contribution in [0.25, 0.3) is 0 Å². The second-order valence-electron chi connectivity index (χ2n) is 6.00. The minimum Gasteiger partial charge on any atom is -0.382 e. The maximum absolute atomic E-state index is 11.3. The van der Waals surface area contributed by atoms with Crippen LogP contribution in [-0.4, -0.2) is 44.7 Å². The quantitative estimate of drug-likeness (QED) is 0.876. The molecular weight excluding hydrogens is 286 g/mol. The molecule has 1 aromatic carbocycles. The van der Waals surface area contributed by atoms with Crippen LogP contribution in [0.4, 0.5) is 11.4 Å². The molecule has 21 heavy (non-hydrogen) atoms. The molecule has 1 aliphatic rings. The molecule has 2 N–H and O–H groups in total. The molecule has 1 aliphatic heterocycles. The number of sulfonamides is 1. The van der Waals surface area contributed by atoms with Crippen LogP contribution in [0.3, 0.4) is 0 Å². The van der Waals surface area contributed by atoms with Gasteiger partial charge < -0.3 is 10.2 Å². The van der Waals surface area contributed by atoms with Crippen molar-refractivity contribution in [1.82, 2.24) is 4.90 Å². The van der Waals surface area contributed by atoms with Crippen LogP contribution in [0.15, 0.2) is 24.3 Å². The molecule has 0 saturated carbocycles. The van der Waals surface area contributed by atoms with Gasteiger partial charge in [-0.1, -0.05) is 6.07 Å². The number of hydrogen-bond acceptors (Lipinski definition) is 4. The first-order valence-electron chi connectivity index (χ1n) is 7.42. The standard InChI is InChI=1S/C15H25N3O2S/c1-12(2)18-9-7-13(8-10-18)16-14-5-4-6-15(11-14)17-21(3,19)20/h4-6,11-13,16-17H,7-10H2,1-3H3. The van der Waals surface area contributed by atoms with Gasteiger partial charge in [0.25, 0.3) is 0 Å². The predicted molar refractivity (Wildman–Crippen MR) is 88.3 cm³/mol. The van der Waals surface area contributed by atoms with Gasteiger partial charge in [0.05, 0.1) is 11.9 Å². The largest absolute Gasteiger partial charge is 0.382 e. The lowest BCUT2D eigenvalue weighted by Crippen LogP contribution is -2.42. The normalized spacial score (nSPS) is 17.9. The van der Waals surface area contributed by atoms with Crippen molar-refractivity contribution in [2.45, 2.75) is 38.8 Å². The Kier molecular flexibility index (Phi) is 5.11.